The second-order valence-corrected chi connectivity index (χ2v) is 3.69. The van der Waals surface area contributed by atoms with Gasteiger partial charge in [0.25, 0.3) is 5.69 Å². The van der Waals surface area contributed by atoms with E-state index in [1.165, 1.54) is 6.92 Å². The quantitative estimate of drug-likeness (QED) is 0.578. The third kappa shape index (κ3) is 4.26. The number of carbonyl (C=O) groups is 1. The number of nitro benzene ring substituents is 1. The summed E-state index contributed by atoms with van der Waals surface area (Å²) < 4.78 is 37.2. The van der Waals surface area contributed by atoms with Crippen LogP contribution < -0.4 is 17.7 Å². The molecule has 1 rings (SSSR count). The van der Waals surface area contributed by atoms with Crippen LogP contribution in [-0.2, 0) is 11.0 Å². The fourth-order valence-electron chi connectivity index (χ4n) is 1.28. The minimum Gasteiger partial charge on any atom is -1.00 e. The largest absolute Gasteiger partial charge is 1.00 e. The molecular weight excluding hydrogens is 305 g/mol. The van der Waals surface area contributed by atoms with Crippen molar-refractivity contribution >= 4 is 17.3 Å². The number of carboxylic acid groups (broad SMARTS) is 1. The summed E-state index contributed by atoms with van der Waals surface area (Å²) in [6.45, 7) is 1.21. The van der Waals surface area contributed by atoms with Crippen LogP contribution in [0.3, 0.4) is 0 Å². The van der Waals surface area contributed by atoms with Gasteiger partial charge in [0.15, 0.2) is 0 Å². The summed E-state index contributed by atoms with van der Waals surface area (Å²) in [5.41, 5.74) is -2.29. The topological polar surface area (TPSA) is 92.5 Å². The van der Waals surface area contributed by atoms with Crippen molar-refractivity contribution in [1.29, 1.82) is 0 Å². The Morgan fingerprint density at radius 2 is 2.00 bits per heavy atom. The van der Waals surface area contributed by atoms with Gasteiger partial charge >= 0.3 is 12.1 Å². The summed E-state index contributed by atoms with van der Waals surface area (Å²) in [6, 6.07) is 0.664. The Morgan fingerprint density at radius 1 is 1.45 bits per heavy atom. The van der Waals surface area contributed by atoms with Crippen LogP contribution in [0.5, 0.6) is 0 Å². The van der Waals surface area contributed by atoms with Gasteiger partial charge in [0, 0.05) is 6.07 Å². The molecule has 1 aromatic rings. The number of hydrogen-bond donors (Lipinski definition) is 2. The van der Waals surface area contributed by atoms with Crippen molar-refractivity contribution in [3.8, 4) is 0 Å². The minimum atomic E-state index is -4.71. The summed E-state index contributed by atoms with van der Waals surface area (Å²) in [5, 5.41) is 21.6. The van der Waals surface area contributed by atoms with E-state index in [0.717, 1.165) is 6.07 Å². The first kappa shape index (κ1) is 18.0. The molecule has 6 nitrogen and oxygen atoms in total. The van der Waals surface area contributed by atoms with E-state index in [1.54, 1.807) is 0 Å². The average Bonchev–Trinajstić information content (AvgIpc) is 2.27. The highest BCUT2D eigenvalue weighted by molar-refractivity contribution is 5.78. The number of rotatable bonds is 4. The first-order valence-corrected chi connectivity index (χ1v) is 4.98. The third-order valence-electron chi connectivity index (χ3n) is 2.26. The van der Waals surface area contributed by atoms with Crippen LogP contribution in [0.15, 0.2) is 18.2 Å². The van der Waals surface area contributed by atoms with E-state index in [0.29, 0.717) is 12.1 Å². The van der Waals surface area contributed by atoms with Crippen molar-refractivity contribution in [1.82, 2.24) is 0 Å². The van der Waals surface area contributed by atoms with E-state index in [4.69, 9.17) is 5.11 Å². The molecule has 0 aromatic heterocycles. The van der Waals surface area contributed by atoms with E-state index >= 15 is 0 Å². The third-order valence-corrected chi connectivity index (χ3v) is 2.26. The molecule has 1 aromatic carbocycles. The van der Waals surface area contributed by atoms with Gasteiger partial charge in [-0.2, -0.15) is 13.2 Å². The molecule has 1 atom stereocenters. The predicted molar refractivity (Wildman–Crippen MR) is 58.8 cm³/mol. The Hall–Kier alpha value is -2.03. The Balaban J connectivity index is 0.00000361. The van der Waals surface area contributed by atoms with Gasteiger partial charge in [-0.15, -0.1) is 0 Å². The number of carboxylic acids is 1. The van der Waals surface area contributed by atoms with E-state index in [-0.39, 0.29) is 18.1 Å². The normalized spacial score (nSPS) is 12.2. The van der Waals surface area contributed by atoms with Gasteiger partial charge < -0.3 is 22.8 Å². The summed E-state index contributed by atoms with van der Waals surface area (Å²) in [6.07, 6.45) is -4.71. The second-order valence-electron chi connectivity index (χ2n) is 3.69. The summed E-state index contributed by atoms with van der Waals surface area (Å²) >= 11 is 0. The molecule has 10 heteroatoms. The van der Waals surface area contributed by atoms with Crippen LogP contribution in [0.25, 0.3) is 0 Å². The number of nitrogens with one attached hydrogen (secondary N) is 1. The second kappa shape index (κ2) is 6.42. The van der Waals surface area contributed by atoms with Crippen molar-refractivity contribution in [2.75, 3.05) is 5.32 Å². The molecule has 112 valence electrons. The SMILES string of the molecule is C[C@H](Nc1ccc(C(F)(F)F)cc1[N+](=O)[O-])C(=O)O.[Cl-]. The number of anilines is 1. The fourth-order valence-corrected chi connectivity index (χ4v) is 1.28. The lowest BCUT2D eigenvalue weighted by Crippen LogP contribution is -3.00. The number of hydrogen-bond acceptors (Lipinski definition) is 4. The Bertz CT molecular complexity index is 522. The zero-order valence-electron chi connectivity index (χ0n) is 9.94. The van der Waals surface area contributed by atoms with Gasteiger partial charge in [-0.1, -0.05) is 0 Å². The van der Waals surface area contributed by atoms with Gasteiger partial charge in [0.05, 0.1) is 10.5 Å². The molecule has 0 aliphatic rings. The van der Waals surface area contributed by atoms with E-state index in [2.05, 4.69) is 5.32 Å². The standard InChI is InChI=1S/C10H9F3N2O4.ClH/c1-5(9(16)17)14-7-3-2-6(10(11,12)13)4-8(7)15(18)19;/h2-5,14H,1H3,(H,16,17);1H/p-1/t5-;/m0./s1. The zero-order valence-corrected chi connectivity index (χ0v) is 10.7. The molecule has 0 aliphatic heterocycles. The molecule has 0 amide bonds. The van der Waals surface area contributed by atoms with Gasteiger partial charge in [-0.05, 0) is 19.1 Å². The Labute approximate surface area is 117 Å². The molecule has 0 bridgehead atoms. The van der Waals surface area contributed by atoms with Crippen LogP contribution in [0.1, 0.15) is 12.5 Å². The monoisotopic (exact) mass is 313 g/mol. The molecule has 0 saturated heterocycles. The molecule has 0 aliphatic carbocycles. The molecule has 0 fully saturated rings. The van der Waals surface area contributed by atoms with Crippen LogP contribution in [0, 0.1) is 10.1 Å². The fraction of sp³-hybridized carbons (Fsp3) is 0.300. The summed E-state index contributed by atoms with van der Waals surface area (Å²) in [4.78, 5) is 20.3. The molecule has 0 saturated carbocycles. The molecule has 0 heterocycles. The summed E-state index contributed by atoms with van der Waals surface area (Å²) in [5.74, 6) is -1.28. The highest BCUT2D eigenvalue weighted by Crippen LogP contribution is 2.35. The number of nitrogens with zero attached hydrogens (tertiary/aromatic N) is 1. The highest BCUT2D eigenvalue weighted by atomic mass is 35.5. The van der Waals surface area contributed by atoms with Crippen LogP contribution in [-0.4, -0.2) is 22.0 Å². The number of nitro groups is 1. The lowest BCUT2D eigenvalue weighted by atomic mass is 10.1. The van der Waals surface area contributed by atoms with Gasteiger partial charge in [-0.25, -0.2) is 0 Å². The van der Waals surface area contributed by atoms with E-state index in [9.17, 15) is 28.1 Å². The smallest absolute Gasteiger partial charge is 0.416 e. The molecule has 0 spiro atoms. The van der Waals surface area contributed by atoms with Crippen molar-refractivity contribution in [2.24, 2.45) is 0 Å². The maximum Gasteiger partial charge on any atom is 0.416 e. The van der Waals surface area contributed by atoms with Crippen molar-refractivity contribution in [2.45, 2.75) is 19.1 Å². The van der Waals surface area contributed by atoms with E-state index in [1.807, 2.05) is 0 Å². The molecule has 20 heavy (non-hydrogen) atoms. The maximum absolute atomic E-state index is 12.4. The number of aliphatic carboxylic acids is 1. The molecule has 0 unspecified atom stereocenters. The van der Waals surface area contributed by atoms with Crippen molar-refractivity contribution in [3.63, 3.8) is 0 Å². The number of alkyl halides is 3. The first-order valence-electron chi connectivity index (χ1n) is 4.98. The lowest BCUT2D eigenvalue weighted by molar-refractivity contribution is -0.384. The summed E-state index contributed by atoms with van der Waals surface area (Å²) in [7, 11) is 0. The zero-order chi connectivity index (χ0) is 14.8. The lowest BCUT2D eigenvalue weighted by Gasteiger charge is -2.12. The molecule has 0 radical (unpaired) electrons. The minimum absolute atomic E-state index is 0. The van der Waals surface area contributed by atoms with Crippen LogP contribution in [0.2, 0.25) is 0 Å². The van der Waals surface area contributed by atoms with E-state index < -0.39 is 34.4 Å². The van der Waals surface area contributed by atoms with Crippen LogP contribution >= 0.6 is 0 Å². The van der Waals surface area contributed by atoms with Gasteiger partial charge in [0.2, 0.25) is 0 Å². The average molecular weight is 314 g/mol. The molecular formula is C10H9ClF3N2O4-. The number of benzene rings is 1. The number of halogens is 4. The predicted octanol–water partition coefficient (Wildman–Crippen LogP) is -0.497. The maximum atomic E-state index is 12.4. The van der Waals surface area contributed by atoms with Gasteiger partial charge in [0.1, 0.15) is 11.7 Å². The van der Waals surface area contributed by atoms with Gasteiger partial charge in [-0.3, -0.25) is 14.9 Å². The highest BCUT2D eigenvalue weighted by Gasteiger charge is 2.33. The molecule has 2 N–H and O–H groups in total. The Morgan fingerprint density at radius 3 is 2.40 bits per heavy atom. The first-order chi connectivity index (χ1) is 8.62. The van der Waals surface area contributed by atoms with Crippen LogP contribution in [0.4, 0.5) is 24.5 Å². The Kier molecular flexibility index (Phi) is 5.77. The van der Waals surface area contributed by atoms with Crippen molar-refractivity contribution < 1.29 is 40.4 Å². The van der Waals surface area contributed by atoms with Crippen molar-refractivity contribution in [3.05, 3.63) is 33.9 Å².